The van der Waals surface area contributed by atoms with Crippen molar-refractivity contribution in [2.24, 2.45) is 0 Å². The second-order valence-corrected chi connectivity index (χ2v) is 6.40. The Bertz CT molecular complexity index is 568. The molecule has 0 aliphatic carbocycles. The third-order valence-corrected chi connectivity index (χ3v) is 4.30. The van der Waals surface area contributed by atoms with Gasteiger partial charge in [0.05, 0.1) is 4.90 Å². The fourth-order valence-corrected chi connectivity index (χ4v) is 2.83. The SMILES string of the molecule is CCCNC(=O)c1cc(S(=O)(=O)NCCC)ccc1C. The summed E-state index contributed by atoms with van der Waals surface area (Å²) in [6, 6.07) is 4.60. The quantitative estimate of drug-likeness (QED) is 0.806. The maximum atomic E-state index is 12.0. The molecule has 0 bridgehead atoms. The van der Waals surface area contributed by atoms with Gasteiger partial charge in [-0.15, -0.1) is 0 Å². The van der Waals surface area contributed by atoms with Crippen molar-refractivity contribution in [1.82, 2.24) is 10.0 Å². The van der Waals surface area contributed by atoms with Crippen LogP contribution in [0.5, 0.6) is 0 Å². The van der Waals surface area contributed by atoms with Crippen LogP contribution < -0.4 is 10.0 Å². The Labute approximate surface area is 120 Å². The Kier molecular flexibility index (Phi) is 6.16. The van der Waals surface area contributed by atoms with Crippen LogP contribution in [0.3, 0.4) is 0 Å². The van der Waals surface area contributed by atoms with Crippen molar-refractivity contribution in [2.75, 3.05) is 13.1 Å². The van der Waals surface area contributed by atoms with Gasteiger partial charge in [-0.25, -0.2) is 13.1 Å². The molecule has 112 valence electrons. The van der Waals surface area contributed by atoms with E-state index in [1.54, 1.807) is 13.0 Å². The van der Waals surface area contributed by atoms with Crippen LogP contribution in [-0.2, 0) is 10.0 Å². The van der Waals surface area contributed by atoms with E-state index in [2.05, 4.69) is 10.0 Å². The first-order valence-corrected chi connectivity index (χ1v) is 8.29. The van der Waals surface area contributed by atoms with Crippen molar-refractivity contribution >= 4 is 15.9 Å². The van der Waals surface area contributed by atoms with Crippen LogP contribution in [0, 0.1) is 6.92 Å². The smallest absolute Gasteiger partial charge is 0.251 e. The molecule has 5 nitrogen and oxygen atoms in total. The van der Waals surface area contributed by atoms with Crippen molar-refractivity contribution in [2.45, 2.75) is 38.5 Å². The maximum absolute atomic E-state index is 12.0. The fraction of sp³-hybridized carbons (Fsp3) is 0.500. The van der Waals surface area contributed by atoms with Crippen molar-refractivity contribution in [3.05, 3.63) is 29.3 Å². The van der Waals surface area contributed by atoms with E-state index in [1.807, 2.05) is 13.8 Å². The van der Waals surface area contributed by atoms with Crippen molar-refractivity contribution in [3.8, 4) is 0 Å². The van der Waals surface area contributed by atoms with Crippen LogP contribution in [0.1, 0.15) is 42.6 Å². The summed E-state index contributed by atoms with van der Waals surface area (Å²) >= 11 is 0. The number of carbonyl (C=O) groups is 1. The van der Waals surface area contributed by atoms with E-state index in [9.17, 15) is 13.2 Å². The lowest BCUT2D eigenvalue weighted by Gasteiger charge is -2.10. The summed E-state index contributed by atoms with van der Waals surface area (Å²) in [5.74, 6) is -0.239. The lowest BCUT2D eigenvalue weighted by molar-refractivity contribution is 0.0953. The van der Waals surface area contributed by atoms with Crippen molar-refractivity contribution in [1.29, 1.82) is 0 Å². The molecule has 0 radical (unpaired) electrons. The van der Waals surface area contributed by atoms with Crippen molar-refractivity contribution < 1.29 is 13.2 Å². The summed E-state index contributed by atoms with van der Waals surface area (Å²) < 4.78 is 26.6. The largest absolute Gasteiger partial charge is 0.352 e. The Hall–Kier alpha value is -1.40. The number of benzene rings is 1. The second kappa shape index (κ2) is 7.40. The van der Waals surface area contributed by atoms with Gasteiger partial charge >= 0.3 is 0 Å². The maximum Gasteiger partial charge on any atom is 0.251 e. The molecule has 0 aliphatic rings. The number of sulfonamides is 1. The first-order chi connectivity index (χ1) is 9.42. The Morgan fingerprint density at radius 3 is 2.40 bits per heavy atom. The number of aryl methyl sites for hydroxylation is 1. The molecule has 6 heteroatoms. The molecule has 0 aliphatic heterocycles. The zero-order chi connectivity index (χ0) is 15.2. The lowest BCUT2D eigenvalue weighted by atomic mass is 10.1. The van der Waals surface area contributed by atoms with Gasteiger partial charge in [0, 0.05) is 18.7 Å². The van der Waals surface area contributed by atoms with Crippen LogP contribution in [0.2, 0.25) is 0 Å². The molecule has 0 atom stereocenters. The molecule has 0 aromatic heterocycles. The molecule has 0 fully saturated rings. The number of carbonyl (C=O) groups excluding carboxylic acids is 1. The first kappa shape index (κ1) is 16.7. The van der Waals surface area contributed by atoms with E-state index in [-0.39, 0.29) is 10.8 Å². The molecule has 1 rings (SSSR count). The summed E-state index contributed by atoms with van der Waals surface area (Å²) in [7, 11) is -3.55. The van der Waals surface area contributed by atoms with Gasteiger partial charge in [0.25, 0.3) is 5.91 Å². The van der Waals surface area contributed by atoms with E-state index >= 15 is 0 Å². The monoisotopic (exact) mass is 298 g/mol. The third kappa shape index (κ3) is 4.31. The third-order valence-electron chi connectivity index (χ3n) is 2.84. The predicted molar refractivity (Wildman–Crippen MR) is 79.3 cm³/mol. The van der Waals surface area contributed by atoms with Gasteiger partial charge < -0.3 is 5.32 Å². The topological polar surface area (TPSA) is 75.3 Å². The highest BCUT2D eigenvalue weighted by Gasteiger charge is 2.17. The average Bonchev–Trinajstić information content (AvgIpc) is 2.42. The van der Waals surface area contributed by atoms with Crippen LogP contribution in [0.15, 0.2) is 23.1 Å². The summed E-state index contributed by atoms with van der Waals surface area (Å²) in [5.41, 5.74) is 1.16. The Morgan fingerprint density at radius 2 is 1.80 bits per heavy atom. The minimum Gasteiger partial charge on any atom is -0.352 e. The van der Waals surface area contributed by atoms with E-state index in [1.165, 1.54) is 12.1 Å². The Morgan fingerprint density at radius 1 is 1.15 bits per heavy atom. The van der Waals surface area contributed by atoms with Gasteiger partial charge in [-0.3, -0.25) is 4.79 Å². The molecule has 0 saturated carbocycles. The Balaban J connectivity index is 3.05. The standard InChI is InChI=1S/C14H22N2O3S/c1-4-8-15-14(17)13-10-12(7-6-11(13)3)20(18,19)16-9-5-2/h6-7,10,16H,4-5,8-9H2,1-3H3,(H,15,17). The highest BCUT2D eigenvalue weighted by atomic mass is 32.2. The van der Waals surface area contributed by atoms with E-state index in [0.29, 0.717) is 18.7 Å². The molecule has 2 N–H and O–H groups in total. The molecule has 1 amide bonds. The van der Waals surface area contributed by atoms with E-state index in [0.717, 1.165) is 18.4 Å². The van der Waals surface area contributed by atoms with Gasteiger partial charge in [0.1, 0.15) is 0 Å². The van der Waals surface area contributed by atoms with Gasteiger partial charge in [-0.2, -0.15) is 0 Å². The summed E-state index contributed by atoms with van der Waals surface area (Å²) in [5, 5.41) is 2.76. The number of hydrogen-bond acceptors (Lipinski definition) is 3. The number of amides is 1. The van der Waals surface area contributed by atoms with Gasteiger partial charge in [-0.1, -0.05) is 19.9 Å². The average molecular weight is 298 g/mol. The summed E-state index contributed by atoms with van der Waals surface area (Å²) in [4.78, 5) is 12.1. The molecule has 20 heavy (non-hydrogen) atoms. The molecule has 1 aromatic carbocycles. The van der Waals surface area contributed by atoms with Gasteiger partial charge in [-0.05, 0) is 37.5 Å². The van der Waals surface area contributed by atoms with Crippen LogP contribution in [-0.4, -0.2) is 27.4 Å². The number of nitrogens with one attached hydrogen (secondary N) is 2. The summed E-state index contributed by atoms with van der Waals surface area (Å²) in [6.07, 6.45) is 1.55. The summed E-state index contributed by atoms with van der Waals surface area (Å²) in [6.45, 7) is 6.59. The predicted octanol–water partition coefficient (Wildman–Crippen LogP) is 1.82. The van der Waals surface area contributed by atoms with Gasteiger partial charge in [0.15, 0.2) is 0 Å². The lowest BCUT2D eigenvalue weighted by Crippen LogP contribution is -2.27. The van der Waals surface area contributed by atoms with Crippen LogP contribution in [0.4, 0.5) is 0 Å². The number of hydrogen-bond donors (Lipinski definition) is 2. The number of rotatable bonds is 7. The zero-order valence-corrected chi connectivity index (χ0v) is 13.0. The van der Waals surface area contributed by atoms with Crippen LogP contribution >= 0.6 is 0 Å². The molecular weight excluding hydrogens is 276 g/mol. The minimum atomic E-state index is -3.55. The second-order valence-electron chi connectivity index (χ2n) is 4.63. The highest BCUT2D eigenvalue weighted by Crippen LogP contribution is 2.15. The zero-order valence-electron chi connectivity index (χ0n) is 12.2. The first-order valence-electron chi connectivity index (χ1n) is 6.81. The molecule has 1 aromatic rings. The molecular formula is C14H22N2O3S. The highest BCUT2D eigenvalue weighted by molar-refractivity contribution is 7.89. The van der Waals surface area contributed by atoms with Crippen LogP contribution in [0.25, 0.3) is 0 Å². The molecule has 0 spiro atoms. The minimum absolute atomic E-state index is 0.123. The normalized spacial score (nSPS) is 11.3. The molecule has 0 saturated heterocycles. The van der Waals surface area contributed by atoms with E-state index in [4.69, 9.17) is 0 Å². The van der Waals surface area contributed by atoms with E-state index < -0.39 is 10.0 Å². The molecule has 0 heterocycles. The van der Waals surface area contributed by atoms with Gasteiger partial charge in [0.2, 0.25) is 10.0 Å². The fourth-order valence-electron chi connectivity index (χ4n) is 1.67. The molecule has 0 unspecified atom stereocenters. The van der Waals surface area contributed by atoms with Crippen molar-refractivity contribution in [3.63, 3.8) is 0 Å².